The lowest BCUT2D eigenvalue weighted by Crippen LogP contribution is -2.20. The molecule has 1 aromatic heterocycles. The molecular weight excluding hydrogens is 496 g/mol. The van der Waals surface area contributed by atoms with Gasteiger partial charge in [0.15, 0.2) is 5.69 Å². The number of hydrogen-bond acceptors (Lipinski definition) is 3. The van der Waals surface area contributed by atoms with Gasteiger partial charge in [0.1, 0.15) is 12.4 Å². The lowest BCUT2D eigenvalue weighted by Gasteiger charge is -2.27. The monoisotopic (exact) mass is 528 g/mol. The Hall–Kier alpha value is -3.16. The van der Waals surface area contributed by atoms with Crippen LogP contribution in [0.4, 0.5) is 17.6 Å². The van der Waals surface area contributed by atoms with Crippen molar-refractivity contribution in [1.29, 1.82) is 0 Å². The van der Waals surface area contributed by atoms with Crippen molar-refractivity contribution >= 4 is 5.97 Å². The van der Waals surface area contributed by atoms with Crippen LogP contribution in [0.15, 0.2) is 48.5 Å². The van der Waals surface area contributed by atoms with Crippen molar-refractivity contribution in [3.8, 4) is 0 Å². The molecule has 0 spiro atoms. The number of aromatic nitrogens is 2. The van der Waals surface area contributed by atoms with Crippen LogP contribution in [0.1, 0.15) is 102 Å². The van der Waals surface area contributed by atoms with Crippen molar-refractivity contribution in [1.82, 2.24) is 9.78 Å². The molecule has 0 bridgehead atoms. The zero-order valence-electron chi connectivity index (χ0n) is 21.3. The van der Waals surface area contributed by atoms with Gasteiger partial charge in [-0.1, -0.05) is 49.9 Å². The molecule has 1 unspecified atom stereocenters. The summed E-state index contributed by atoms with van der Waals surface area (Å²) in [7, 11) is 0. The fraction of sp³-hybridized carbons (Fsp3) is 0.467. The summed E-state index contributed by atoms with van der Waals surface area (Å²) in [6.45, 7) is -0.124. The number of carbonyl (C=O) groups excluding carboxylic acids is 1. The van der Waals surface area contributed by atoms with E-state index in [2.05, 4.69) is 4.68 Å². The highest BCUT2D eigenvalue weighted by molar-refractivity contribution is 5.89. The van der Waals surface area contributed by atoms with E-state index in [1.165, 1.54) is 30.7 Å². The van der Waals surface area contributed by atoms with Crippen LogP contribution in [0, 0.1) is 5.82 Å². The van der Waals surface area contributed by atoms with E-state index < -0.39 is 17.7 Å². The second kappa shape index (κ2) is 11.3. The average molecular weight is 529 g/mol. The second-order valence-electron chi connectivity index (χ2n) is 10.5. The summed E-state index contributed by atoms with van der Waals surface area (Å²) in [5.41, 5.74) is 3.14. The number of esters is 1. The molecular formula is C30H32F4N2O2. The van der Waals surface area contributed by atoms with E-state index in [0.29, 0.717) is 11.3 Å². The summed E-state index contributed by atoms with van der Waals surface area (Å²) in [6, 6.07) is 11.5. The van der Waals surface area contributed by atoms with Crippen LogP contribution < -0.4 is 0 Å². The van der Waals surface area contributed by atoms with E-state index >= 15 is 0 Å². The summed E-state index contributed by atoms with van der Waals surface area (Å²) in [4.78, 5) is 13.3. The van der Waals surface area contributed by atoms with Crippen molar-refractivity contribution in [2.24, 2.45) is 0 Å². The summed E-state index contributed by atoms with van der Waals surface area (Å²) < 4.78 is 59.8. The van der Waals surface area contributed by atoms with Crippen LogP contribution >= 0.6 is 0 Å². The van der Waals surface area contributed by atoms with Gasteiger partial charge in [0, 0.05) is 17.2 Å². The first kappa shape index (κ1) is 26.4. The summed E-state index contributed by atoms with van der Waals surface area (Å²) in [6.07, 6.45) is 5.43. The molecule has 0 radical (unpaired) electrons. The zero-order valence-corrected chi connectivity index (χ0v) is 21.3. The second-order valence-corrected chi connectivity index (χ2v) is 10.5. The Morgan fingerprint density at radius 1 is 0.895 bits per heavy atom. The Morgan fingerprint density at radius 3 is 2.24 bits per heavy atom. The molecule has 38 heavy (non-hydrogen) atoms. The van der Waals surface area contributed by atoms with E-state index in [4.69, 9.17) is 9.84 Å². The number of benzene rings is 2. The maximum absolute atomic E-state index is 13.5. The van der Waals surface area contributed by atoms with Crippen LogP contribution in [0.25, 0.3) is 0 Å². The SMILES string of the molecule is O=C(OCc1ccc(C(F)(F)F)cc1)c1nn(C2CCCCC2)c2c1CCCCC2Cc1ccc(F)cc1. The Morgan fingerprint density at radius 2 is 1.55 bits per heavy atom. The van der Waals surface area contributed by atoms with Gasteiger partial charge in [0.05, 0.1) is 11.6 Å². The minimum atomic E-state index is -4.41. The van der Waals surface area contributed by atoms with Gasteiger partial charge in [-0.2, -0.15) is 18.3 Å². The van der Waals surface area contributed by atoms with E-state index in [1.807, 2.05) is 12.1 Å². The molecule has 0 saturated heterocycles. The maximum atomic E-state index is 13.5. The summed E-state index contributed by atoms with van der Waals surface area (Å²) >= 11 is 0. The fourth-order valence-electron chi connectivity index (χ4n) is 5.87. The van der Waals surface area contributed by atoms with Gasteiger partial charge in [0.2, 0.25) is 0 Å². The zero-order chi connectivity index (χ0) is 26.7. The van der Waals surface area contributed by atoms with Gasteiger partial charge in [-0.05, 0) is 73.9 Å². The molecule has 4 nitrogen and oxygen atoms in total. The molecule has 2 aromatic carbocycles. The largest absolute Gasteiger partial charge is 0.456 e. The molecule has 0 N–H and O–H groups in total. The molecule has 1 saturated carbocycles. The molecule has 2 aliphatic carbocycles. The standard InChI is InChI=1S/C30H32F4N2O2/c31-24-16-12-20(13-17-24)18-22-6-4-5-9-26-27(35-36(28(22)26)25-7-2-1-3-8-25)29(37)38-19-21-10-14-23(15-11-21)30(32,33)34/h10-17,22,25H,1-9,18-19H2. The number of halogens is 4. The molecule has 3 aromatic rings. The van der Waals surface area contributed by atoms with Crippen molar-refractivity contribution in [3.63, 3.8) is 0 Å². The van der Waals surface area contributed by atoms with E-state index in [1.54, 1.807) is 0 Å². The number of hydrogen-bond donors (Lipinski definition) is 0. The molecule has 1 heterocycles. The first-order valence-corrected chi connectivity index (χ1v) is 13.5. The summed E-state index contributed by atoms with van der Waals surface area (Å²) in [5, 5.41) is 4.86. The summed E-state index contributed by atoms with van der Waals surface area (Å²) in [5.74, 6) is -0.650. The highest BCUT2D eigenvalue weighted by atomic mass is 19.4. The first-order chi connectivity index (χ1) is 18.3. The smallest absolute Gasteiger partial charge is 0.416 e. The van der Waals surface area contributed by atoms with Crippen LogP contribution in [-0.4, -0.2) is 15.7 Å². The number of ether oxygens (including phenoxy) is 1. The van der Waals surface area contributed by atoms with Gasteiger partial charge in [0.25, 0.3) is 0 Å². The highest BCUT2D eigenvalue weighted by Crippen LogP contribution is 2.39. The van der Waals surface area contributed by atoms with Gasteiger partial charge >= 0.3 is 12.1 Å². The van der Waals surface area contributed by atoms with Gasteiger partial charge < -0.3 is 4.74 Å². The van der Waals surface area contributed by atoms with E-state index in [-0.39, 0.29) is 24.4 Å². The Bertz CT molecular complexity index is 1240. The van der Waals surface area contributed by atoms with Crippen LogP contribution in [-0.2, 0) is 30.4 Å². The van der Waals surface area contributed by atoms with Crippen LogP contribution in [0.2, 0.25) is 0 Å². The maximum Gasteiger partial charge on any atom is 0.416 e. The van der Waals surface area contributed by atoms with Crippen molar-refractivity contribution in [2.45, 2.75) is 89.0 Å². The molecule has 5 rings (SSSR count). The third-order valence-corrected chi connectivity index (χ3v) is 7.83. The Balaban J connectivity index is 1.42. The fourth-order valence-corrected chi connectivity index (χ4v) is 5.87. The minimum absolute atomic E-state index is 0.124. The Labute approximate surface area is 220 Å². The minimum Gasteiger partial charge on any atom is -0.456 e. The molecule has 0 amide bonds. The van der Waals surface area contributed by atoms with Crippen molar-refractivity contribution in [3.05, 3.63) is 88.0 Å². The first-order valence-electron chi connectivity index (χ1n) is 13.5. The number of carbonyl (C=O) groups is 1. The number of alkyl halides is 3. The van der Waals surface area contributed by atoms with Gasteiger partial charge in [-0.3, -0.25) is 4.68 Å². The quantitative estimate of drug-likeness (QED) is 0.185. The molecule has 1 fully saturated rings. The number of nitrogens with zero attached hydrogens (tertiary/aromatic N) is 2. The lowest BCUT2D eigenvalue weighted by atomic mass is 9.89. The number of fused-ring (bicyclic) bond motifs is 1. The molecule has 8 heteroatoms. The molecule has 1 atom stereocenters. The predicted octanol–water partition coefficient (Wildman–Crippen LogP) is 7.96. The van der Waals surface area contributed by atoms with Gasteiger partial charge in [-0.15, -0.1) is 0 Å². The molecule has 2 aliphatic rings. The topological polar surface area (TPSA) is 44.1 Å². The average Bonchev–Trinajstić information content (AvgIpc) is 3.18. The normalized spacial score (nSPS) is 18.6. The van der Waals surface area contributed by atoms with Crippen molar-refractivity contribution in [2.75, 3.05) is 0 Å². The molecule has 0 aliphatic heterocycles. The van der Waals surface area contributed by atoms with Gasteiger partial charge in [-0.25, -0.2) is 9.18 Å². The number of rotatable bonds is 6. The van der Waals surface area contributed by atoms with Crippen LogP contribution in [0.3, 0.4) is 0 Å². The van der Waals surface area contributed by atoms with Crippen molar-refractivity contribution < 1.29 is 27.1 Å². The van der Waals surface area contributed by atoms with Crippen LogP contribution in [0.5, 0.6) is 0 Å². The molecule has 202 valence electrons. The highest BCUT2D eigenvalue weighted by Gasteiger charge is 2.33. The lowest BCUT2D eigenvalue weighted by molar-refractivity contribution is -0.137. The predicted molar refractivity (Wildman–Crippen MR) is 135 cm³/mol. The third-order valence-electron chi connectivity index (χ3n) is 7.83. The van der Waals surface area contributed by atoms with E-state index in [9.17, 15) is 22.4 Å². The third kappa shape index (κ3) is 5.94. The Kier molecular flexibility index (Phi) is 7.86. The van der Waals surface area contributed by atoms with E-state index in [0.717, 1.165) is 86.7 Å².